The minimum atomic E-state index is -0.0773. The van der Waals surface area contributed by atoms with Crippen LogP contribution in [0.5, 0.6) is 0 Å². The lowest BCUT2D eigenvalue weighted by molar-refractivity contribution is 0.101. The Morgan fingerprint density at radius 1 is 1.14 bits per heavy atom. The lowest BCUT2D eigenvalue weighted by Crippen LogP contribution is -2.31. The van der Waals surface area contributed by atoms with Gasteiger partial charge in [-0.15, -0.1) is 0 Å². The number of hydrogen-bond acceptors (Lipinski definition) is 5. The Labute approximate surface area is 127 Å². The van der Waals surface area contributed by atoms with Crippen LogP contribution < -0.4 is 10.6 Å². The first kappa shape index (κ1) is 16.0. The Hall–Kier alpha value is -1.36. The molecule has 1 saturated carbocycles. The zero-order valence-corrected chi connectivity index (χ0v) is 14.1. The standard InChI is InChI=1S/C16H28N4O/c1-10-13(17-5)19-15(16(2,3)4)20-14(10)18-11-8-7-9-12(11)21-6/h11-12H,7-9H2,1-6H3,(H2,17,18,19,20). The van der Waals surface area contributed by atoms with Gasteiger partial charge < -0.3 is 15.4 Å². The van der Waals surface area contributed by atoms with Gasteiger partial charge in [-0.3, -0.25) is 0 Å². The number of anilines is 2. The molecule has 1 aromatic heterocycles. The van der Waals surface area contributed by atoms with E-state index < -0.39 is 0 Å². The molecule has 1 fully saturated rings. The number of methoxy groups -OCH3 is 1. The quantitative estimate of drug-likeness (QED) is 0.893. The highest BCUT2D eigenvalue weighted by Crippen LogP contribution is 2.29. The van der Waals surface area contributed by atoms with Gasteiger partial charge in [-0.2, -0.15) is 0 Å². The summed E-state index contributed by atoms with van der Waals surface area (Å²) in [7, 11) is 3.69. The van der Waals surface area contributed by atoms with E-state index in [0.717, 1.165) is 35.9 Å². The molecule has 0 aromatic carbocycles. The van der Waals surface area contributed by atoms with Gasteiger partial charge in [0.15, 0.2) is 0 Å². The third-order valence-corrected chi connectivity index (χ3v) is 4.13. The average Bonchev–Trinajstić information content (AvgIpc) is 2.87. The van der Waals surface area contributed by atoms with Crippen LogP contribution in [0.25, 0.3) is 0 Å². The predicted octanol–water partition coefficient (Wildman–Crippen LogP) is 3.10. The highest BCUT2D eigenvalue weighted by molar-refractivity contribution is 5.58. The summed E-state index contributed by atoms with van der Waals surface area (Å²) in [4.78, 5) is 9.41. The number of hydrogen-bond donors (Lipinski definition) is 2. The van der Waals surface area contributed by atoms with Crippen LogP contribution >= 0.6 is 0 Å². The summed E-state index contributed by atoms with van der Waals surface area (Å²) in [5.74, 6) is 2.67. The Morgan fingerprint density at radius 3 is 2.38 bits per heavy atom. The first-order valence-corrected chi connectivity index (χ1v) is 7.73. The summed E-state index contributed by atoms with van der Waals surface area (Å²) in [5, 5.41) is 6.76. The molecule has 0 amide bonds. The number of nitrogens with one attached hydrogen (secondary N) is 2. The maximum absolute atomic E-state index is 5.57. The van der Waals surface area contributed by atoms with Gasteiger partial charge in [-0.1, -0.05) is 20.8 Å². The van der Waals surface area contributed by atoms with Crippen LogP contribution in [-0.4, -0.2) is 36.3 Å². The fourth-order valence-corrected chi connectivity index (χ4v) is 2.78. The molecule has 1 aliphatic rings. The van der Waals surface area contributed by atoms with Gasteiger partial charge in [0.25, 0.3) is 0 Å². The predicted molar refractivity (Wildman–Crippen MR) is 87.1 cm³/mol. The van der Waals surface area contributed by atoms with Crippen molar-refractivity contribution < 1.29 is 4.74 Å². The third-order valence-electron chi connectivity index (χ3n) is 4.13. The first-order chi connectivity index (χ1) is 9.86. The molecule has 5 heteroatoms. The SMILES string of the molecule is CNc1nc(C(C)(C)C)nc(NC2CCCC2OC)c1C. The Balaban J connectivity index is 2.33. The summed E-state index contributed by atoms with van der Waals surface area (Å²) in [5.41, 5.74) is 0.985. The van der Waals surface area contributed by atoms with Gasteiger partial charge in [-0.25, -0.2) is 9.97 Å². The van der Waals surface area contributed by atoms with E-state index in [1.807, 2.05) is 7.05 Å². The number of rotatable bonds is 4. The molecule has 2 unspecified atom stereocenters. The molecule has 2 rings (SSSR count). The topological polar surface area (TPSA) is 59.1 Å². The van der Waals surface area contributed by atoms with Crippen LogP contribution in [0.2, 0.25) is 0 Å². The van der Waals surface area contributed by atoms with Crippen molar-refractivity contribution in [2.45, 2.75) is 64.5 Å². The minimum Gasteiger partial charge on any atom is -0.379 e. The van der Waals surface area contributed by atoms with E-state index in [-0.39, 0.29) is 11.5 Å². The minimum absolute atomic E-state index is 0.0773. The monoisotopic (exact) mass is 292 g/mol. The van der Waals surface area contributed by atoms with Crippen molar-refractivity contribution in [2.75, 3.05) is 24.8 Å². The van der Waals surface area contributed by atoms with Crippen LogP contribution in [0.3, 0.4) is 0 Å². The fourth-order valence-electron chi connectivity index (χ4n) is 2.78. The smallest absolute Gasteiger partial charge is 0.138 e. The Morgan fingerprint density at radius 2 is 1.81 bits per heavy atom. The molecule has 0 spiro atoms. The van der Waals surface area contributed by atoms with E-state index in [0.29, 0.717) is 6.04 Å². The summed E-state index contributed by atoms with van der Waals surface area (Å²) in [6.45, 7) is 8.45. The Kier molecular flexibility index (Phi) is 4.71. The lowest BCUT2D eigenvalue weighted by atomic mass is 9.95. The third kappa shape index (κ3) is 3.46. The summed E-state index contributed by atoms with van der Waals surface area (Å²) >= 11 is 0. The molecular formula is C16H28N4O. The van der Waals surface area contributed by atoms with Crippen LogP contribution in [0.15, 0.2) is 0 Å². The van der Waals surface area contributed by atoms with Gasteiger partial charge >= 0.3 is 0 Å². The second kappa shape index (κ2) is 6.18. The second-order valence-electron chi connectivity index (χ2n) is 6.83. The second-order valence-corrected chi connectivity index (χ2v) is 6.83. The molecule has 1 aromatic rings. The molecule has 2 N–H and O–H groups in total. The Bertz CT molecular complexity index is 496. The number of aromatic nitrogens is 2. The van der Waals surface area contributed by atoms with Crippen molar-refractivity contribution in [1.29, 1.82) is 0 Å². The molecule has 1 heterocycles. The normalized spacial score (nSPS) is 22.4. The van der Waals surface area contributed by atoms with Gasteiger partial charge in [0, 0.05) is 25.1 Å². The summed E-state index contributed by atoms with van der Waals surface area (Å²) < 4.78 is 5.57. The fraction of sp³-hybridized carbons (Fsp3) is 0.750. The van der Waals surface area contributed by atoms with Crippen molar-refractivity contribution in [2.24, 2.45) is 0 Å². The van der Waals surface area contributed by atoms with Gasteiger partial charge in [0.2, 0.25) is 0 Å². The largest absolute Gasteiger partial charge is 0.379 e. The molecule has 5 nitrogen and oxygen atoms in total. The molecule has 0 bridgehead atoms. The van der Waals surface area contributed by atoms with Crippen LogP contribution in [0.1, 0.15) is 51.4 Å². The highest BCUT2D eigenvalue weighted by Gasteiger charge is 2.29. The van der Waals surface area contributed by atoms with Crippen molar-refractivity contribution in [3.63, 3.8) is 0 Å². The maximum Gasteiger partial charge on any atom is 0.138 e. The number of ether oxygens (including phenoxy) is 1. The highest BCUT2D eigenvalue weighted by atomic mass is 16.5. The van der Waals surface area contributed by atoms with Crippen molar-refractivity contribution in [1.82, 2.24) is 9.97 Å². The molecule has 118 valence electrons. The number of nitrogens with zero attached hydrogens (tertiary/aromatic N) is 2. The summed E-state index contributed by atoms with van der Waals surface area (Å²) in [6.07, 6.45) is 3.71. The van der Waals surface area contributed by atoms with Gasteiger partial charge in [-0.05, 0) is 26.2 Å². The van der Waals surface area contributed by atoms with Crippen molar-refractivity contribution in [3.8, 4) is 0 Å². The zero-order valence-electron chi connectivity index (χ0n) is 14.1. The van der Waals surface area contributed by atoms with Gasteiger partial charge in [0.05, 0.1) is 12.1 Å². The van der Waals surface area contributed by atoms with Gasteiger partial charge in [0.1, 0.15) is 17.5 Å². The molecule has 21 heavy (non-hydrogen) atoms. The van der Waals surface area contributed by atoms with E-state index in [1.54, 1.807) is 7.11 Å². The molecular weight excluding hydrogens is 264 g/mol. The summed E-state index contributed by atoms with van der Waals surface area (Å²) in [6, 6.07) is 0.334. The van der Waals surface area contributed by atoms with Crippen LogP contribution in [0.4, 0.5) is 11.6 Å². The molecule has 0 aliphatic heterocycles. The van der Waals surface area contributed by atoms with Crippen molar-refractivity contribution >= 4 is 11.6 Å². The molecule has 0 saturated heterocycles. The van der Waals surface area contributed by atoms with E-state index >= 15 is 0 Å². The molecule has 0 radical (unpaired) electrons. The first-order valence-electron chi connectivity index (χ1n) is 7.73. The zero-order chi connectivity index (χ0) is 15.6. The van der Waals surface area contributed by atoms with E-state index in [9.17, 15) is 0 Å². The average molecular weight is 292 g/mol. The van der Waals surface area contributed by atoms with E-state index in [1.165, 1.54) is 6.42 Å². The molecule has 2 atom stereocenters. The lowest BCUT2D eigenvalue weighted by Gasteiger charge is -2.24. The van der Waals surface area contributed by atoms with Crippen LogP contribution in [-0.2, 0) is 10.2 Å². The molecule has 1 aliphatic carbocycles. The van der Waals surface area contributed by atoms with Crippen LogP contribution in [0, 0.1) is 6.92 Å². The van der Waals surface area contributed by atoms with E-state index in [4.69, 9.17) is 9.72 Å². The van der Waals surface area contributed by atoms with Crippen molar-refractivity contribution in [3.05, 3.63) is 11.4 Å². The van der Waals surface area contributed by atoms with E-state index in [2.05, 4.69) is 43.3 Å². The maximum atomic E-state index is 5.57.